The first-order valence-corrected chi connectivity index (χ1v) is 16.9. The first-order chi connectivity index (χ1) is 21.5. The van der Waals surface area contributed by atoms with Gasteiger partial charge in [0.15, 0.2) is 18.1 Å². The van der Waals surface area contributed by atoms with Crippen LogP contribution in [0.15, 0.2) is 42.5 Å². The van der Waals surface area contributed by atoms with Crippen LogP contribution in [0.3, 0.4) is 0 Å². The molecule has 1 aliphatic carbocycles. The first-order valence-electron chi connectivity index (χ1n) is 15.3. The smallest absolute Gasteiger partial charge is 0.314 e. The number of nitrogens with one attached hydrogen (secondary N) is 2. The van der Waals surface area contributed by atoms with Crippen LogP contribution in [0.4, 0.5) is 4.39 Å². The Balaban J connectivity index is 1.59. The van der Waals surface area contributed by atoms with Crippen LogP contribution >= 0.6 is 0 Å². The van der Waals surface area contributed by atoms with Crippen molar-refractivity contribution in [1.29, 1.82) is 0 Å². The summed E-state index contributed by atoms with van der Waals surface area (Å²) in [6.45, 7) is 1.63. The van der Waals surface area contributed by atoms with Crippen LogP contribution < -0.4 is 20.1 Å². The van der Waals surface area contributed by atoms with E-state index < -0.39 is 33.1 Å². The third-order valence-corrected chi connectivity index (χ3v) is 9.84. The minimum absolute atomic E-state index is 0.0113. The Morgan fingerprint density at radius 1 is 1.09 bits per heavy atom. The number of fused-ring (bicyclic) bond motifs is 2. The van der Waals surface area contributed by atoms with Gasteiger partial charge < -0.3 is 24.8 Å². The van der Waals surface area contributed by atoms with Gasteiger partial charge in [0.2, 0.25) is 15.9 Å². The number of benzene rings is 2. The lowest BCUT2D eigenvalue weighted by Crippen LogP contribution is -2.46. The predicted octanol–water partition coefficient (Wildman–Crippen LogP) is 2.96. The van der Waals surface area contributed by atoms with Crippen molar-refractivity contribution in [3.8, 4) is 11.5 Å². The summed E-state index contributed by atoms with van der Waals surface area (Å²) >= 11 is 0. The number of ether oxygens (including phenoxy) is 3. The molecular formula is C32H42FN3O8S. The molecule has 2 N–H and O–H groups in total. The zero-order chi connectivity index (χ0) is 32.5. The van der Waals surface area contributed by atoms with Crippen molar-refractivity contribution >= 4 is 27.8 Å². The minimum Gasteiger partial charge on any atom is -0.493 e. The van der Waals surface area contributed by atoms with Gasteiger partial charge >= 0.3 is 5.97 Å². The molecule has 4 rings (SSSR count). The lowest BCUT2D eigenvalue weighted by molar-refractivity contribution is -0.156. The quantitative estimate of drug-likeness (QED) is 0.417. The van der Waals surface area contributed by atoms with Gasteiger partial charge in [0, 0.05) is 32.6 Å². The third kappa shape index (κ3) is 9.89. The van der Waals surface area contributed by atoms with Gasteiger partial charge in [-0.15, -0.1) is 0 Å². The summed E-state index contributed by atoms with van der Waals surface area (Å²) in [6, 6.07) is 10.5. The highest BCUT2D eigenvalue weighted by Crippen LogP contribution is 2.43. The van der Waals surface area contributed by atoms with Crippen LogP contribution in [0.1, 0.15) is 50.2 Å². The molecular weight excluding hydrogens is 605 g/mol. The number of methoxy groups -OCH3 is 1. The predicted molar refractivity (Wildman–Crippen MR) is 164 cm³/mol. The van der Waals surface area contributed by atoms with Gasteiger partial charge in [-0.2, -0.15) is 4.31 Å². The van der Waals surface area contributed by atoms with E-state index in [0.29, 0.717) is 29.4 Å². The number of carbonyl (C=O) groups excluding carboxylic acids is 3. The van der Waals surface area contributed by atoms with Gasteiger partial charge in [0.1, 0.15) is 5.82 Å². The highest BCUT2D eigenvalue weighted by Gasteiger charge is 2.45. The molecule has 0 aromatic heterocycles. The second-order valence-electron chi connectivity index (χ2n) is 11.6. The number of rotatable bonds is 8. The molecule has 2 aromatic rings. The van der Waals surface area contributed by atoms with Crippen molar-refractivity contribution < 1.29 is 41.4 Å². The summed E-state index contributed by atoms with van der Waals surface area (Å²) < 4.78 is 58.1. The molecule has 11 nitrogen and oxygen atoms in total. The van der Waals surface area contributed by atoms with Crippen LogP contribution in [-0.2, 0) is 41.3 Å². The fraction of sp³-hybridized carbons (Fsp3) is 0.531. The number of carbonyl (C=O) groups is 3. The van der Waals surface area contributed by atoms with Crippen LogP contribution in [0.25, 0.3) is 0 Å². The van der Waals surface area contributed by atoms with Crippen molar-refractivity contribution in [3.63, 3.8) is 0 Å². The van der Waals surface area contributed by atoms with Crippen LogP contribution in [0, 0.1) is 17.2 Å². The van der Waals surface area contributed by atoms with Gasteiger partial charge in [0.05, 0.1) is 24.9 Å². The SMILES string of the molecule is CCOC(=O)C1(CC2CC2)CNC(=O)CCCN(S(=O)(=O)Cc2ccc(F)cc2)CCNC(=O)COc2cc(ccc2OC)C1. The molecule has 2 amide bonds. The molecule has 0 spiro atoms. The van der Waals surface area contributed by atoms with E-state index in [-0.39, 0.29) is 70.3 Å². The second-order valence-corrected chi connectivity index (χ2v) is 13.6. The highest BCUT2D eigenvalue weighted by atomic mass is 32.2. The van der Waals surface area contributed by atoms with E-state index in [2.05, 4.69) is 10.6 Å². The van der Waals surface area contributed by atoms with E-state index in [9.17, 15) is 27.2 Å². The zero-order valence-corrected chi connectivity index (χ0v) is 26.6. The van der Waals surface area contributed by atoms with Crippen molar-refractivity contribution in [2.24, 2.45) is 11.3 Å². The summed E-state index contributed by atoms with van der Waals surface area (Å²) in [7, 11) is -2.40. The molecule has 1 unspecified atom stereocenters. The molecule has 0 radical (unpaired) electrons. The fourth-order valence-corrected chi connectivity index (χ4v) is 7.06. The molecule has 1 aliphatic heterocycles. The summed E-state index contributed by atoms with van der Waals surface area (Å²) in [5, 5.41) is 5.61. The maximum atomic E-state index is 13.5. The molecule has 13 heteroatoms. The largest absolute Gasteiger partial charge is 0.493 e. The molecule has 1 atom stereocenters. The molecule has 1 heterocycles. The van der Waals surface area contributed by atoms with Crippen molar-refractivity contribution in [2.45, 2.75) is 51.2 Å². The molecule has 1 fully saturated rings. The summed E-state index contributed by atoms with van der Waals surface area (Å²) in [5.41, 5.74) is 0.136. The summed E-state index contributed by atoms with van der Waals surface area (Å²) in [5.74, 6) is -0.979. The maximum Gasteiger partial charge on any atom is 0.314 e. The minimum atomic E-state index is -3.88. The topological polar surface area (TPSA) is 140 Å². The Bertz CT molecular complexity index is 1450. The average Bonchev–Trinajstić information content (AvgIpc) is 3.82. The normalized spacial score (nSPS) is 21.0. The Kier molecular flexibility index (Phi) is 11.8. The number of amides is 2. The van der Waals surface area contributed by atoms with Gasteiger partial charge in [-0.05, 0) is 67.5 Å². The van der Waals surface area contributed by atoms with E-state index in [1.54, 1.807) is 19.1 Å². The third-order valence-electron chi connectivity index (χ3n) is 7.99. The first kappa shape index (κ1) is 34.2. The van der Waals surface area contributed by atoms with Gasteiger partial charge in [-0.1, -0.05) is 31.0 Å². The van der Waals surface area contributed by atoms with Crippen molar-refractivity contribution in [3.05, 3.63) is 59.4 Å². The number of nitrogens with zero attached hydrogens (tertiary/aromatic N) is 1. The van der Waals surface area contributed by atoms with Crippen LogP contribution in [-0.4, -0.2) is 77.0 Å². The summed E-state index contributed by atoms with van der Waals surface area (Å²) in [6.07, 6.45) is 3.02. The molecule has 2 aliphatic rings. The Hall–Kier alpha value is -3.71. The second kappa shape index (κ2) is 15.5. The Morgan fingerprint density at radius 2 is 1.84 bits per heavy atom. The standard InChI is InChI=1S/C32H42FN3O8S/c1-3-43-31(39)32(18-23-6-7-23)19-25-10-13-27(42-2)28(17-25)44-20-30(38)34-14-16-36(15-4-5-29(37)35-22-32)45(40,41)21-24-8-11-26(33)12-9-24/h8-13,17,23H,3-7,14-16,18-22H2,1-2H3,(H,34,38)(H,35,37). The number of esters is 1. The van der Waals surface area contributed by atoms with E-state index in [1.165, 1.54) is 35.7 Å². The van der Waals surface area contributed by atoms with E-state index in [1.807, 2.05) is 6.07 Å². The molecule has 246 valence electrons. The van der Waals surface area contributed by atoms with Gasteiger partial charge in [0.25, 0.3) is 5.91 Å². The Morgan fingerprint density at radius 3 is 2.53 bits per heavy atom. The monoisotopic (exact) mass is 647 g/mol. The fourth-order valence-electron chi connectivity index (χ4n) is 5.49. The molecule has 0 saturated heterocycles. The summed E-state index contributed by atoms with van der Waals surface area (Å²) in [4.78, 5) is 39.3. The molecule has 1 saturated carbocycles. The Labute approximate surface area is 263 Å². The van der Waals surface area contributed by atoms with Crippen LogP contribution in [0.2, 0.25) is 0 Å². The number of halogens is 1. The van der Waals surface area contributed by atoms with E-state index >= 15 is 0 Å². The maximum absolute atomic E-state index is 13.5. The number of hydrogen-bond acceptors (Lipinski definition) is 8. The molecule has 45 heavy (non-hydrogen) atoms. The van der Waals surface area contributed by atoms with E-state index in [0.717, 1.165) is 18.4 Å². The highest BCUT2D eigenvalue weighted by molar-refractivity contribution is 7.88. The van der Waals surface area contributed by atoms with Gasteiger partial charge in [-0.3, -0.25) is 14.4 Å². The number of hydrogen-bond donors (Lipinski definition) is 2. The molecule has 2 aromatic carbocycles. The molecule has 2 bridgehead atoms. The average molecular weight is 648 g/mol. The lowest BCUT2D eigenvalue weighted by atomic mass is 9.76. The van der Waals surface area contributed by atoms with Crippen molar-refractivity contribution in [2.75, 3.05) is 46.5 Å². The number of sulfonamides is 1. The van der Waals surface area contributed by atoms with Gasteiger partial charge in [-0.25, -0.2) is 12.8 Å². The van der Waals surface area contributed by atoms with Crippen molar-refractivity contribution in [1.82, 2.24) is 14.9 Å². The van der Waals surface area contributed by atoms with Crippen LogP contribution in [0.5, 0.6) is 11.5 Å². The zero-order valence-electron chi connectivity index (χ0n) is 25.8. The lowest BCUT2D eigenvalue weighted by Gasteiger charge is -2.32. The van der Waals surface area contributed by atoms with E-state index in [4.69, 9.17) is 14.2 Å².